The van der Waals surface area contributed by atoms with Gasteiger partial charge in [-0.15, -0.1) is 0 Å². The van der Waals surface area contributed by atoms with Crippen LogP contribution in [0, 0.1) is 23.7 Å². The van der Waals surface area contributed by atoms with Gasteiger partial charge in [-0.05, 0) is 49.4 Å². The summed E-state index contributed by atoms with van der Waals surface area (Å²) < 4.78 is 68.5. The molecule has 7 atom stereocenters. The van der Waals surface area contributed by atoms with Gasteiger partial charge in [0.25, 0.3) is 0 Å². The van der Waals surface area contributed by atoms with Crippen LogP contribution >= 0.6 is 15.6 Å². The molecule has 0 saturated heterocycles. The van der Waals surface area contributed by atoms with Crippen LogP contribution < -0.4 is 0 Å². The SMILES string of the molecule is CCC(C)CCCCCCCCCCCCCCCCCCCCC(=O)O[C@H](COC(=O)CCCCCCCCCCCCCCCCC(C)CC)COP(=O)(O)OCC(O)COP(=O)(O)OC[C@@H](COC(=O)CCCCCCCCCC(C)C)OC(=O)CCCCCCCCC(C)C. The molecule has 99 heavy (non-hydrogen) atoms. The van der Waals surface area contributed by atoms with Gasteiger partial charge in [-0.25, -0.2) is 9.13 Å². The predicted molar refractivity (Wildman–Crippen MR) is 404 cm³/mol. The zero-order chi connectivity index (χ0) is 73.1. The summed E-state index contributed by atoms with van der Waals surface area (Å²) in [7, 11) is -9.92. The van der Waals surface area contributed by atoms with E-state index in [0.717, 1.165) is 108 Å². The van der Waals surface area contributed by atoms with Crippen LogP contribution in [0.15, 0.2) is 0 Å². The maximum absolute atomic E-state index is 13.1. The van der Waals surface area contributed by atoms with Crippen molar-refractivity contribution < 1.29 is 80.2 Å². The zero-order valence-corrected chi connectivity index (χ0v) is 66.9. The van der Waals surface area contributed by atoms with Crippen molar-refractivity contribution >= 4 is 39.5 Å². The Balaban J connectivity index is 5.18. The average molecular weight is 1450 g/mol. The molecule has 0 radical (unpaired) electrons. The maximum Gasteiger partial charge on any atom is 0.472 e. The number of aliphatic hydroxyl groups is 1. The van der Waals surface area contributed by atoms with E-state index < -0.39 is 97.5 Å². The average Bonchev–Trinajstić information content (AvgIpc) is 1.49. The van der Waals surface area contributed by atoms with Crippen molar-refractivity contribution in [3.05, 3.63) is 0 Å². The quantitative estimate of drug-likeness (QED) is 0.0222. The summed E-state index contributed by atoms with van der Waals surface area (Å²) >= 11 is 0. The highest BCUT2D eigenvalue weighted by Gasteiger charge is 2.30. The Morgan fingerprint density at radius 1 is 0.283 bits per heavy atom. The molecule has 0 aromatic heterocycles. The molecule has 588 valence electrons. The second-order valence-electron chi connectivity index (χ2n) is 30.2. The summed E-state index contributed by atoms with van der Waals surface area (Å²) in [6.45, 7) is 14.2. The lowest BCUT2D eigenvalue weighted by atomic mass is 9.99. The number of unbranched alkanes of at least 4 members (excludes halogenated alkanes) is 41. The minimum atomic E-state index is -4.96. The number of ether oxygens (including phenoxy) is 4. The third-order valence-electron chi connectivity index (χ3n) is 19.3. The van der Waals surface area contributed by atoms with Crippen molar-refractivity contribution in [3.63, 3.8) is 0 Å². The molecule has 17 nitrogen and oxygen atoms in total. The molecule has 0 bridgehead atoms. The fourth-order valence-corrected chi connectivity index (χ4v) is 13.8. The predicted octanol–water partition coefficient (Wildman–Crippen LogP) is 23.6. The Labute approximate surface area is 607 Å². The van der Waals surface area contributed by atoms with Crippen LogP contribution in [0.25, 0.3) is 0 Å². The molecule has 5 unspecified atom stereocenters. The van der Waals surface area contributed by atoms with E-state index in [2.05, 4.69) is 55.4 Å². The Morgan fingerprint density at radius 2 is 0.485 bits per heavy atom. The first kappa shape index (κ1) is 97.1. The van der Waals surface area contributed by atoms with Crippen molar-refractivity contribution in [1.82, 2.24) is 0 Å². The molecule has 3 N–H and O–H groups in total. The molecule has 0 aliphatic rings. The number of phosphoric acid groups is 2. The van der Waals surface area contributed by atoms with Gasteiger partial charge in [-0.2, -0.15) is 0 Å². The number of phosphoric ester groups is 2. The molecular weight excluding hydrogens is 1290 g/mol. The molecule has 0 fully saturated rings. The third kappa shape index (κ3) is 71.5. The van der Waals surface area contributed by atoms with Crippen LogP contribution in [0.1, 0.15) is 409 Å². The molecule has 0 spiro atoms. The van der Waals surface area contributed by atoms with Gasteiger partial charge in [0.1, 0.15) is 19.3 Å². The van der Waals surface area contributed by atoms with Crippen molar-refractivity contribution in [3.8, 4) is 0 Å². The van der Waals surface area contributed by atoms with Gasteiger partial charge in [0.15, 0.2) is 12.2 Å². The summed E-state index contributed by atoms with van der Waals surface area (Å²) in [6, 6.07) is 0. The van der Waals surface area contributed by atoms with Crippen LogP contribution in [0.2, 0.25) is 0 Å². The number of hydrogen-bond donors (Lipinski definition) is 3. The molecule has 0 rings (SSSR count). The van der Waals surface area contributed by atoms with Crippen LogP contribution in [0.3, 0.4) is 0 Å². The van der Waals surface area contributed by atoms with E-state index in [0.29, 0.717) is 37.5 Å². The molecule has 0 saturated carbocycles. The summed E-state index contributed by atoms with van der Waals surface area (Å²) in [5.41, 5.74) is 0. The summed E-state index contributed by atoms with van der Waals surface area (Å²) in [5, 5.41) is 10.6. The summed E-state index contributed by atoms with van der Waals surface area (Å²) in [5.74, 6) is 0.973. The fraction of sp³-hybridized carbons (Fsp3) is 0.950. The van der Waals surface area contributed by atoms with Crippen molar-refractivity contribution in [2.45, 2.75) is 427 Å². The molecule has 0 aliphatic heterocycles. The first-order valence-electron chi connectivity index (χ1n) is 41.3. The lowest BCUT2D eigenvalue weighted by Gasteiger charge is -2.21. The molecule has 0 heterocycles. The van der Waals surface area contributed by atoms with Crippen LogP contribution in [0.4, 0.5) is 0 Å². The van der Waals surface area contributed by atoms with E-state index in [1.165, 1.54) is 205 Å². The number of rotatable bonds is 77. The van der Waals surface area contributed by atoms with Crippen molar-refractivity contribution in [2.24, 2.45) is 23.7 Å². The Kier molecular flexibility index (Phi) is 67.8. The van der Waals surface area contributed by atoms with Crippen molar-refractivity contribution in [1.29, 1.82) is 0 Å². The van der Waals surface area contributed by atoms with E-state index >= 15 is 0 Å². The van der Waals surface area contributed by atoms with Gasteiger partial charge in [-0.3, -0.25) is 37.3 Å². The van der Waals surface area contributed by atoms with Gasteiger partial charge >= 0.3 is 39.5 Å². The third-order valence-corrected chi connectivity index (χ3v) is 21.2. The topological polar surface area (TPSA) is 237 Å². The van der Waals surface area contributed by atoms with Crippen molar-refractivity contribution in [2.75, 3.05) is 39.6 Å². The standard InChI is InChI=1S/C80H156O17P2/c1-9-72(7)58-50-42-33-27-23-19-15-13-11-12-14-16-22-26-30-36-46-54-62-79(84)96-75(66-90-77(82)60-52-44-35-29-25-21-18-17-20-24-28-34-43-51-59-73(8)10-2)68-94-98(86,87)92-64-74(81)65-93-99(88,89)95-69-76(97-80(85)63-55-47-39-38-41-49-57-71(5)6)67-91-78(83)61-53-45-37-31-32-40-48-56-70(3)4/h70-76,81H,9-69H2,1-8H3,(H,86,87)(H,88,89)/t72?,73?,74?,75-,76-/m1/s1. The largest absolute Gasteiger partial charge is 0.472 e. The molecule has 0 aromatic rings. The molecule has 0 amide bonds. The number of carbonyl (C=O) groups excluding carboxylic acids is 4. The van der Waals surface area contributed by atoms with Gasteiger partial charge in [0, 0.05) is 25.7 Å². The maximum atomic E-state index is 13.1. The number of esters is 4. The van der Waals surface area contributed by atoms with Gasteiger partial charge < -0.3 is 33.8 Å². The minimum Gasteiger partial charge on any atom is -0.462 e. The lowest BCUT2D eigenvalue weighted by Crippen LogP contribution is -2.30. The second-order valence-corrected chi connectivity index (χ2v) is 33.1. The van der Waals surface area contributed by atoms with Crippen LogP contribution in [-0.4, -0.2) is 96.7 Å². The normalized spacial score (nSPS) is 14.6. The second kappa shape index (κ2) is 69.1. The number of hydrogen-bond acceptors (Lipinski definition) is 15. The first-order valence-corrected chi connectivity index (χ1v) is 44.3. The summed E-state index contributed by atoms with van der Waals surface area (Å²) in [4.78, 5) is 72.8. The Hall–Kier alpha value is -1.94. The van der Waals surface area contributed by atoms with Crippen LogP contribution in [-0.2, 0) is 65.4 Å². The van der Waals surface area contributed by atoms with Gasteiger partial charge in [0.2, 0.25) is 0 Å². The number of carbonyl (C=O) groups is 4. The number of aliphatic hydroxyl groups excluding tert-OH is 1. The highest BCUT2D eigenvalue weighted by Crippen LogP contribution is 2.45. The van der Waals surface area contributed by atoms with Gasteiger partial charge in [0.05, 0.1) is 26.4 Å². The molecule has 19 heteroatoms. The smallest absolute Gasteiger partial charge is 0.462 e. The minimum absolute atomic E-state index is 0.101. The Morgan fingerprint density at radius 3 is 0.717 bits per heavy atom. The zero-order valence-electron chi connectivity index (χ0n) is 65.1. The van der Waals surface area contributed by atoms with E-state index in [1.54, 1.807) is 0 Å². The molecule has 0 aliphatic carbocycles. The van der Waals surface area contributed by atoms with E-state index in [9.17, 15) is 43.2 Å². The van der Waals surface area contributed by atoms with E-state index in [-0.39, 0.29) is 25.7 Å². The van der Waals surface area contributed by atoms with Crippen LogP contribution in [0.5, 0.6) is 0 Å². The lowest BCUT2D eigenvalue weighted by molar-refractivity contribution is -0.161. The Bertz CT molecular complexity index is 1940. The van der Waals surface area contributed by atoms with E-state index in [4.69, 9.17) is 37.0 Å². The highest BCUT2D eigenvalue weighted by molar-refractivity contribution is 7.47. The first-order chi connectivity index (χ1) is 47.7. The summed E-state index contributed by atoms with van der Waals surface area (Å²) in [6.07, 6.45) is 55.9. The highest BCUT2D eigenvalue weighted by atomic mass is 31.2. The van der Waals surface area contributed by atoms with E-state index in [1.807, 2.05) is 0 Å². The molecule has 0 aromatic carbocycles. The van der Waals surface area contributed by atoms with Gasteiger partial charge in [-0.1, -0.05) is 357 Å². The fourth-order valence-electron chi connectivity index (χ4n) is 12.2. The molecular formula is C80H156O17P2. The monoisotopic (exact) mass is 1450 g/mol.